The number of aryl methyl sites for hydroxylation is 1. The molecule has 1 saturated carbocycles. The van der Waals surface area contributed by atoms with Gasteiger partial charge in [-0.25, -0.2) is 0 Å². The molecule has 186 valence electrons. The van der Waals surface area contributed by atoms with Crippen LogP contribution in [0.1, 0.15) is 67.6 Å². The van der Waals surface area contributed by atoms with Gasteiger partial charge in [0.25, 0.3) is 5.91 Å². The minimum atomic E-state index is -0.199. The van der Waals surface area contributed by atoms with Gasteiger partial charge in [0, 0.05) is 25.7 Å². The highest BCUT2D eigenvalue weighted by Gasteiger charge is 2.36. The van der Waals surface area contributed by atoms with Gasteiger partial charge in [-0.05, 0) is 86.3 Å². The predicted molar refractivity (Wildman–Crippen MR) is 133 cm³/mol. The Labute approximate surface area is 207 Å². The van der Waals surface area contributed by atoms with Crippen molar-refractivity contribution in [3.63, 3.8) is 0 Å². The zero-order chi connectivity index (χ0) is 25.0. The van der Waals surface area contributed by atoms with E-state index in [2.05, 4.69) is 40.3 Å². The van der Waals surface area contributed by atoms with E-state index < -0.39 is 0 Å². The number of aliphatic hydroxyl groups is 1. The number of ether oxygens (including phenoxy) is 1. The molecule has 35 heavy (non-hydrogen) atoms. The number of nitriles is 1. The molecule has 2 fully saturated rings. The molecule has 2 heterocycles. The second-order valence-corrected chi connectivity index (χ2v) is 10.5. The molecule has 2 N–H and O–H groups in total. The van der Waals surface area contributed by atoms with Crippen molar-refractivity contribution in [3.05, 3.63) is 47.2 Å². The van der Waals surface area contributed by atoms with Gasteiger partial charge in [-0.3, -0.25) is 4.79 Å². The largest absolute Gasteiger partial charge is 0.490 e. The summed E-state index contributed by atoms with van der Waals surface area (Å²) < 4.78 is 6.11. The number of aliphatic hydroxyl groups excluding tert-OH is 1. The number of piperidine rings is 1. The van der Waals surface area contributed by atoms with Crippen LogP contribution >= 0.6 is 0 Å². The molecule has 0 radical (unpaired) electrons. The minimum absolute atomic E-state index is 0.00774. The van der Waals surface area contributed by atoms with E-state index in [9.17, 15) is 9.90 Å². The first-order valence-electron chi connectivity index (χ1n) is 12.5. The molecule has 1 aromatic heterocycles. The molecule has 1 unspecified atom stereocenters. The number of benzene rings is 1. The average molecular weight is 478 g/mol. The molecule has 1 aromatic carbocycles. The van der Waals surface area contributed by atoms with Crippen molar-refractivity contribution in [2.24, 2.45) is 11.3 Å². The van der Waals surface area contributed by atoms with Crippen LogP contribution < -0.4 is 15.0 Å². The van der Waals surface area contributed by atoms with Crippen LogP contribution in [0.25, 0.3) is 0 Å². The lowest BCUT2D eigenvalue weighted by atomic mass is 9.74. The summed E-state index contributed by atoms with van der Waals surface area (Å²) in [5, 5.41) is 30.3. The topological polar surface area (TPSA) is 111 Å². The summed E-state index contributed by atoms with van der Waals surface area (Å²) in [6.45, 7) is 8.07. The molecule has 8 nitrogen and oxygen atoms in total. The fraction of sp³-hybridized carbons (Fsp3) is 0.556. The lowest BCUT2D eigenvalue weighted by molar-refractivity contribution is 0.0887. The van der Waals surface area contributed by atoms with E-state index in [1.807, 2.05) is 25.1 Å². The lowest BCUT2D eigenvalue weighted by Gasteiger charge is -2.44. The number of carbonyl (C=O) groups excluding carboxylic acids is 1. The summed E-state index contributed by atoms with van der Waals surface area (Å²) in [6.07, 6.45) is 4.40. The zero-order valence-electron chi connectivity index (χ0n) is 20.8. The Bertz CT molecular complexity index is 1070. The second kappa shape index (κ2) is 10.6. The van der Waals surface area contributed by atoms with Crippen molar-refractivity contribution < 1.29 is 14.6 Å². The van der Waals surface area contributed by atoms with Crippen LogP contribution in [0, 0.1) is 29.6 Å². The third-order valence-corrected chi connectivity index (χ3v) is 7.51. The van der Waals surface area contributed by atoms with Crippen molar-refractivity contribution in [1.82, 2.24) is 15.5 Å². The molecular weight excluding hydrogens is 442 g/mol. The smallest absolute Gasteiger partial charge is 0.272 e. The van der Waals surface area contributed by atoms with Crippen LogP contribution in [0.2, 0.25) is 0 Å². The molecule has 0 bridgehead atoms. The molecule has 8 heteroatoms. The fourth-order valence-corrected chi connectivity index (χ4v) is 5.16. The third-order valence-electron chi connectivity index (χ3n) is 7.51. The van der Waals surface area contributed by atoms with E-state index >= 15 is 0 Å². The highest BCUT2D eigenvalue weighted by atomic mass is 16.5. The number of amides is 1. The molecule has 4 rings (SSSR count). The normalized spacial score (nSPS) is 23.9. The number of hydrogen-bond acceptors (Lipinski definition) is 7. The summed E-state index contributed by atoms with van der Waals surface area (Å²) in [7, 11) is 0. The first-order valence-corrected chi connectivity index (χ1v) is 12.5. The van der Waals surface area contributed by atoms with E-state index in [1.54, 1.807) is 12.1 Å². The summed E-state index contributed by atoms with van der Waals surface area (Å²) >= 11 is 0. The molecule has 2 aliphatic rings. The van der Waals surface area contributed by atoms with Gasteiger partial charge in [0.2, 0.25) is 0 Å². The van der Waals surface area contributed by atoms with Crippen molar-refractivity contribution in [3.8, 4) is 11.8 Å². The number of hydrogen-bond donors (Lipinski definition) is 2. The van der Waals surface area contributed by atoms with Gasteiger partial charge < -0.3 is 20.1 Å². The summed E-state index contributed by atoms with van der Waals surface area (Å²) in [5.41, 5.74) is 1.89. The first-order chi connectivity index (χ1) is 16.8. The molecular formula is C27H35N5O3. The minimum Gasteiger partial charge on any atom is -0.490 e. The third kappa shape index (κ3) is 5.91. The lowest BCUT2D eigenvalue weighted by Crippen LogP contribution is -2.47. The Kier molecular flexibility index (Phi) is 7.56. The maximum atomic E-state index is 12.7. The summed E-state index contributed by atoms with van der Waals surface area (Å²) in [4.78, 5) is 14.9. The molecule has 0 spiro atoms. The molecule has 2 aromatic rings. The fourth-order valence-electron chi connectivity index (χ4n) is 5.16. The Morgan fingerprint density at radius 2 is 1.97 bits per heavy atom. The van der Waals surface area contributed by atoms with Crippen molar-refractivity contribution in [2.45, 2.75) is 65.0 Å². The van der Waals surface area contributed by atoms with Crippen LogP contribution in [0.4, 0.5) is 5.82 Å². The summed E-state index contributed by atoms with van der Waals surface area (Å²) in [6, 6.07) is 11.4. The summed E-state index contributed by atoms with van der Waals surface area (Å²) in [5.74, 6) is 1.64. The number of nitrogens with one attached hydrogen (secondary N) is 1. The number of rotatable bonds is 6. The van der Waals surface area contributed by atoms with Crippen molar-refractivity contribution in [1.29, 1.82) is 5.26 Å². The predicted octanol–water partition coefficient (Wildman–Crippen LogP) is 3.62. The zero-order valence-corrected chi connectivity index (χ0v) is 20.8. The average Bonchev–Trinajstić information content (AvgIpc) is 2.85. The van der Waals surface area contributed by atoms with E-state index in [1.165, 1.54) is 0 Å². The maximum Gasteiger partial charge on any atom is 0.272 e. The Hall–Kier alpha value is -3.18. The quantitative estimate of drug-likeness (QED) is 0.654. The monoisotopic (exact) mass is 477 g/mol. The highest BCUT2D eigenvalue weighted by Crippen LogP contribution is 2.36. The van der Waals surface area contributed by atoms with Gasteiger partial charge in [0.15, 0.2) is 11.5 Å². The van der Waals surface area contributed by atoms with Crippen LogP contribution in [-0.4, -0.2) is 53.1 Å². The number of anilines is 1. The highest BCUT2D eigenvalue weighted by molar-refractivity contribution is 5.92. The number of aromatic nitrogens is 2. The van der Waals surface area contributed by atoms with Crippen LogP contribution in [0.15, 0.2) is 30.3 Å². The van der Waals surface area contributed by atoms with Crippen LogP contribution in [0.3, 0.4) is 0 Å². The Balaban J connectivity index is 1.26. The Morgan fingerprint density at radius 3 is 2.57 bits per heavy atom. The van der Waals surface area contributed by atoms with Crippen LogP contribution in [-0.2, 0) is 0 Å². The molecule has 1 atom stereocenters. The van der Waals surface area contributed by atoms with E-state index in [4.69, 9.17) is 10.00 Å². The van der Waals surface area contributed by atoms with Gasteiger partial charge in [0.1, 0.15) is 5.75 Å². The Morgan fingerprint density at radius 1 is 1.20 bits per heavy atom. The second-order valence-electron chi connectivity index (χ2n) is 10.5. The van der Waals surface area contributed by atoms with Gasteiger partial charge in [0.05, 0.1) is 17.7 Å². The molecule has 1 aliphatic carbocycles. The SMILES string of the molecule is Cc1cc(OC2CCC(NC(=O)c3ccc(N4CCC(CO)C(C)(C)C4)nn3)CC2)ccc1C#N. The molecule has 1 aliphatic heterocycles. The van der Waals surface area contributed by atoms with E-state index in [-0.39, 0.29) is 36.0 Å². The number of nitrogens with zero attached hydrogens (tertiary/aromatic N) is 4. The van der Waals surface area contributed by atoms with Gasteiger partial charge >= 0.3 is 0 Å². The maximum absolute atomic E-state index is 12.7. The van der Waals surface area contributed by atoms with Crippen molar-refractivity contribution in [2.75, 3.05) is 24.6 Å². The van der Waals surface area contributed by atoms with Gasteiger partial charge in [-0.15, -0.1) is 10.2 Å². The molecule has 1 amide bonds. The van der Waals surface area contributed by atoms with Crippen molar-refractivity contribution >= 4 is 11.7 Å². The van der Waals surface area contributed by atoms with E-state index in [0.717, 1.165) is 62.3 Å². The van der Waals surface area contributed by atoms with E-state index in [0.29, 0.717) is 11.3 Å². The van der Waals surface area contributed by atoms with Gasteiger partial charge in [-0.1, -0.05) is 13.8 Å². The molecule has 1 saturated heterocycles. The number of carbonyl (C=O) groups is 1. The first kappa shape index (κ1) is 24.9. The van der Waals surface area contributed by atoms with Gasteiger partial charge in [-0.2, -0.15) is 5.26 Å². The van der Waals surface area contributed by atoms with Crippen LogP contribution in [0.5, 0.6) is 5.75 Å². The standard InChI is InChI=1S/C27H35N5O3/c1-18-14-23(7-4-19(18)15-28)35-22-8-5-21(6-9-22)29-26(34)24-10-11-25(31-30-24)32-13-12-20(16-33)27(2,3)17-32/h4,7,10-11,14,20-22,33H,5-6,8-9,12-13,16-17H2,1-3H3,(H,29,34).